The Kier molecular flexibility index (Phi) is 9.22. The lowest BCUT2D eigenvalue weighted by Gasteiger charge is -2.14. The molecular formula is C19H29ClO2. The van der Waals surface area contributed by atoms with E-state index in [0.717, 1.165) is 12.0 Å². The van der Waals surface area contributed by atoms with Crippen LogP contribution in [0.2, 0.25) is 0 Å². The minimum atomic E-state index is -0.428. The van der Waals surface area contributed by atoms with E-state index in [2.05, 4.69) is 13.8 Å². The second kappa shape index (κ2) is 10.7. The van der Waals surface area contributed by atoms with E-state index in [1.807, 2.05) is 12.1 Å². The molecule has 22 heavy (non-hydrogen) atoms. The molecule has 2 nitrogen and oxygen atoms in total. The fourth-order valence-electron chi connectivity index (χ4n) is 2.71. The van der Waals surface area contributed by atoms with Gasteiger partial charge < -0.3 is 4.74 Å². The van der Waals surface area contributed by atoms with Crippen molar-refractivity contribution < 1.29 is 9.53 Å². The lowest BCUT2D eigenvalue weighted by atomic mass is 9.93. The van der Waals surface area contributed by atoms with Crippen LogP contribution in [0.4, 0.5) is 0 Å². The first-order valence-electron chi connectivity index (χ1n) is 8.47. The van der Waals surface area contributed by atoms with Gasteiger partial charge in [-0.25, -0.2) is 0 Å². The van der Waals surface area contributed by atoms with Crippen molar-refractivity contribution in [2.45, 2.75) is 71.1 Å². The van der Waals surface area contributed by atoms with E-state index in [1.165, 1.54) is 44.9 Å². The average molecular weight is 325 g/mol. The van der Waals surface area contributed by atoms with Gasteiger partial charge in [-0.3, -0.25) is 4.79 Å². The highest BCUT2D eigenvalue weighted by Gasteiger charge is 2.11. The Morgan fingerprint density at radius 3 is 2.32 bits per heavy atom. The smallest absolute Gasteiger partial charge is 0.252 e. The number of hydrogen-bond donors (Lipinski definition) is 0. The van der Waals surface area contributed by atoms with Crippen molar-refractivity contribution in [2.24, 2.45) is 0 Å². The molecule has 3 heteroatoms. The molecule has 1 atom stereocenters. The summed E-state index contributed by atoms with van der Waals surface area (Å²) in [6.45, 7) is 4.45. The van der Waals surface area contributed by atoms with Crippen LogP contribution in [0.3, 0.4) is 0 Å². The monoisotopic (exact) mass is 324 g/mol. The zero-order valence-corrected chi connectivity index (χ0v) is 14.9. The molecule has 0 aliphatic rings. The van der Waals surface area contributed by atoms with E-state index >= 15 is 0 Å². The minimum Gasteiger partial charge on any atom is -0.497 e. The number of unbranched alkanes of at least 4 members (excludes halogenated alkanes) is 6. The molecular weight excluding hydrogens is 296 g/mol. The average Bonchev–Trinajstić information content (AvgIpc) is 2.53. The molecule has 1 unspecified atom stereocenters. The first-order chi connectivity index (χ1) is 10.6. The zero-order valence-electron chi connectivity index (χ0n) is 14.2. The number of halogens is 1. The molecule has 0 amide bonds. The van der Waals surface area contributed by atoms with Crippen LogP contribution >= 0.6 is 11.6 Å². The molecule has 1 aromatic carbocycles. The molecule has 0 fully saturated rings. The summed E-state index contributed by atoms with van der Waals surface area (Å²) in [5.41, 5.74) is 1.65. The van der Waals surface area contributed by atoms with Gasteiger partial charge in [-0.05, 0) is 47.7 Å². The molecule has 0 saturated heterocycles. The van der Waals surface area contributed by atoms with E-state index in [1.54, 1.807) is 13.2 Å². The molecule has 0 bridgehead atoms. The van der Waals surface area contributed by atoms with Crippen molar-refractivity contribution in [1.82, 2.24) is 0 Å². The van der Waals surface area contributed by atoms with Crippen molar-refractivity contribution >= 4 is 16.8 Å². The van der Waals surface area contributed by atoms with Crippen LogP contribution < -0.4 is 4.74 Å². The summed E-state index contributed by atoms with van der Waals surface area (Å²) < 4.78 is 5.27. The van der Waals surface area contributed by atoms with E-state index in [-0.39, 0.29) is 0 Å². The number of hydrogen-bond acceptors (Lipinski definition) is 2. The number of carbonyl (C=O) groups excluding carboxylic acids is 1. The van der Waals surface area contributed by atoms with Crippen LogP contribution in [0.5, 0.6) is 5.75 Å². The van der Waals surface area contributed by atoms with Crippen LogP contribution in [0.25, 0.3) is 0 Å². The predicted molar refractivity (Wildman–Crippen MR) is 94.2 cm³/mol. The summed E-state index contributed by atoms with van der Waals surface area (Å²) in [7, 11) is 1.61. The molecule has 0 N–H and O–H groups in total. The Morgan fingerprint density at radius 1 is 1.09 bits per heavy atom. The zero-order chi connectivity index (χ0) is 16.4. The van der Waals surface area contributed by atoms with Gasteiger partial charge in [0.15, 0.2) is 0 Å². The highest BCUT2D eigenvalue weighted by molar-refractivity contribution is 6.67. The summed E-state index contributed by atoms with van der Waals surface area (Å²) in [6.07, 6.45) is 10.4. The Labute approximate surface area is 140 Å². The minimum absolute atomic E-state index is 0.417. The molecule has 0 saturated carbocycles. The summed E-state index contributed by atoms with van der Waals surface area (Å²) in [4.78, 5) is 11.4. The third-order valence-corrected chi connectivity index (χ3v) is 4.42. The van der Waals surface area contributed by atoms with Crippen molar-refractivity contribution in [2.75, 3.05) is 7.11 Å². The van der Waals surface area contributed by atoms with E-state index in [4.69, 9.17) is 16.3 Å². The van der Waals surface area contributed by atoms with Crippen LogP contribution in [0.1, 0.15) is 87.1 Å². The van der Waals surface area contributed by atoms with Crippen molar-refractivity contribution in [3.63, 3.8) is 0 Å². The first kappa shape index (κ1) is 19.0. The highest BCUT2D eigenvalue weighted by atomic mass is 35.5. The Bertz CT molecular complexity index is 457. The van der Waals surface area contributed by atoms with Crippen molar-refractivity contribution in [3.05, 3.63) is 29.3 Å². The second-order valence-corrected chi connectivity index (χ2v) is 6.42. The summed E-state index contributed by atoms with van der Waals surface area (Å²) in [5.74, 6) is 1.12. The maximum Gasteiger partial charge on any atom is 0.252 e. The molecule has 1 aromatic rings. The third-order valence-electron chi connectivity index (χ3n) is 4.20. The maximum atomic E-state index is 11.4. The Hall–Kier alpha value is -1.02. The third kappa shape index (κ3) is 6.83. The molecule has 0 aromatic heterocycles. The molecule has 0 heterocycles. The van der Waals surface area contributed by atoms with Crippen LogP contribution in [-0.2, 0) is 0 Å². The number of benzene rings is 1. The van der Waals surface area contributed by atoms with E-state index in [9.17, 15) is 4.79 Å². The van der Waals surface area contributed by atoms with Gasteiger partial charge in [-0.1, -0.05) is 58.8 Å². The molecule has 0 aliphatic heterocycles. The highest BCUT2D eigenvalue weighted by Crippen LogP contribution is 2.27. The maximum absolute atomic E-state index is 11.4. The standard InChI is InChI=1S/C19H29ClO2/c1-4-5-6-7-8-9-10-11-15(2)16-12-17(19(20)21)14-18(13-16)22-3/h12-15H,4-11H2,1-3H3. The van der Waals surface area contributed by atoms with Crippen LogP contribution in [0.15, 0.2) is 18.2 Å². The number of carbonyl (C=O) groups is 1. The van der Waals surface area contributed by atoms with Crippen molar-refractivity contribution in [1.29, 1.82) is 0 Å². The van der Waals surface area contributed by atoms with Crippen molar-refractivity contribution in [3.8, 4) is 5.75 Å². The second-order valence-electron chi connectivity index (χ2n) is 6.08. The first-order valence-corrected chi connectivity index (χ1v) is 8.85. The molecule has 124 valence electrons. The number of ether oxygens (including phenoxy) is 1. The van der Waals surface area contributed by atoms with Gasteiger partial charge in [0, 0.05) is 5.56 Å². The largest absolute Gasteiger partial charge is 0.497 e. The summed E-state index contributed by atoms with van der Waals surface area (Å²) >= 11 is 5.60. The van der Waals surface area contributed by atoms with Gasteiger partial charge in [0.1, 0.15) is 5.75 Å². The normalized spacial score (nSPS) is 12.2. The Balaban J connectivity index is 2.46. The van der Waals surface area contributed by atoms with Gasteiger partial charge in [-0.2, -0.15) is 0 Å². The van der Waals surface area contributed by atoms with E-state index in [0.29, 0.717) is 17.2 Å². The van der Waals surface area contributed by atoms with Gasteiger partial charge in [0.2, 0.25) is 0 Å². The predicted octanol–water partition coefficient (Wildman–Crippen LogP) is 6.32. The number of methoxy groups -OCH3 is 1. The summed E-state index contributed by atoms with van der Waals surface area (Å²) in [5, 5.41) is -0.428. The molecule has 0 spiro atoms. The fourth-order valence-corrected chi connectivity index (χ4v) is 2.82. The summed E-state index contributed by atoms with van der Waals surface area (Å²) in [6, 6.07) is 5.60. The van der Waals surface area contributed by atoms with Gasteiger partial charge in [0.25, 0.3) is 5.24 Å². The molecule has 0 radical (unpaired) electrons. The van der Waals surface area contributed by atoms with Gasteiger partial charge in [0.05, 0.1) is 7.11 Å². The number of rotatable bonds is 11. The SMILES string of the molecule is CCCCCCCCCC(C)c1cc(OC)cc(C(=O)Cl)c1. The topological polar surface area (TPSA) is 26.3 Å². The van der Waals surface area contributed by atoms with Gasteiger partial charge in [-0.15, -0.1) is 0 Å². The van der Waals surface area contributed by atoms with Crippen LogP contribution in [0, 0.1) is 0 Å². The quantitative estimate of drug-likeness (QED) is 0.351. The van der Waals surface area contributed by atoms with Crippen LogP contribution in [-0.4, -0.2) is 12.4 Å². The van der Waals surface area contributed by atoms with E-state index < -0.39 is 5.24 Å². The lowest BCUT2D eigenvalue weighted by molar-refractivity contribution is 0.108. The van der Waals surface area contributed by atoms with Gasteiger partial charge >= 0.3 is 0 Å². The Morgan fingerprint density at radius 2 is 1.73 bits per heavy atom. The molecule has 0 aliphatic carbocycles. The molecule has 1 rings (SSSR count). The fraction of sp³-hybridized carbons (Fsp3) is 0.632. The lowest BCUT2D eigenvalue weighted by Crippen LogP contribution is -1.99.